The number of carbonyl (C=O) groups excluding carboxylic acids is 2. The van der Waals surface area contributed by atoms with Crippen LogP contribution in [0, 0.1) is 0 Å². The highest BCUT2D eigenvalue weighted by Crippen LogP contribution is 2.28. The first-order chi connectivity index (χ1) is 16.3. The third-order valence-corrected chi connectivity index (χ3v) is 6.02. The Balaban J connectivity index is 1.67. The van der Waals surface area contributed by atoms with E-state index in [2.05, 4.69) is 15.0 Å². The number of primary amides is 1. The van der Waals surface area contributed by atoms with Gasteiger partial charge in [0.05, 0.1) is 22.1 Å². The van der Waals surface area contributed by atoms with Crippen LogP contribution in [-0.2, 0) is 9.59 Å². The van der Waals surface area contributed by atoms with E-state index in [4.69, 9.17) is 16.5 Å². The minimum absolute atomic E-state index is 0.225. The zero-order valence-electron chi connectivity index (χ0n) is 17.9. The number of nitrogens with zero attached hydrogens (tertiary/aromatic N) is 5. The highest BCUT2D eigenvalue weighted by Gasteiger charge is 2.28. The molecule has 0 atom stereocenters. The van der Waals surface area contributed by atoms with Crippen LogP contribution in [0.3, 0.4) is 0 Å². The van der Waals surface area contributed by atoms with E-state index >= 15 is 0 Å². The van der Waals surface area contributed by atoms with Gasteiger partial charge in [-0.15, -0.1) is 0 Å². The molecule has 4 aromatic heterocycles. The van der Waals surface area contributed by atoms with E-state index in [1.54, 1.807) is 30.5 Å². The molecule has 5 N–H and O–H groups in total. The molecule has 5 heterocycles. The van der Waals surface area contributed by atoms with E-state index < -0.39 is 23.1 Å². The summed E-state index contributed by atoms with van der Waals surface area (Å²) in [6.07, 6.45) is 3.80. The number of anilines is 1. The Labute approximate surface area is 191 Å². The second kappa shape index (κ2) is 8.06. The zero-order chi connectivity index (χ0) is 24.0. The number of fused-ring (bicyclic) bond motifs is 3. The van der Waals surface area contributed by atoms with Crippen LogP contribution >= 0.6 is 0 Å². The first-order valence-electron chi connectivity index (χ1n) is 10.6. The molecule has 34 heavy (non-hydrogen) atoms. The summed E-state index contributed by atoms with van der Waals surface area (Å²) in [5.74, 6) is -1.40. The Kier molecular flexibility index (Phi) is 5.04. The van der Waals surface area contributed by atoms with Crippen LogP contribution < -0.4 is 22.7 Å². The number of hydrogen-bond donors (Lipinski definition) is 3. The van der Waals surface area contributed by atoms with Crippen LogP contribution in [0.5, 0.6) is 0 Å². The molecule has 2 amide bonds. The van der Waals surface area contributed by atoms with Crippen LogP contribution in [-0.4, -0.2) is 54.3 Å². The molecule has 172 valence electrons. The predicted octanol–water partition coefficient (Wildman–Crippen LogP) is -0.0740. The Hall–Kier alpha value is -4.61. The highest BCUT2D eigenvalue weighted by molar-refractivity contribution is 6.34. The van der Waals surface area contributed by atoms with Crippen molar-refractivity contribution in [3.63, 3.8) is 0 Å². The number of rotatable bonds is 2. The Morgan fingerprint density at radius 3 is 2.47 bits per heavy atom. The number of pyridine rings is 3. The average Bonchev–Trinajstić information content (AvgIpc) is 2.84. The van der Waals surface area contributed by atoms with Crippen molar-refractivity contribution in [2.45, 2.75) is 18.9 Å². The van der Waals surface area contributed by atoms with Gasteiger partial charge in [0.2, 0.25) is 0 Å². The minimum Gasteiger partial charge on any atom is -0.384 e. The van der Waals surface area contributed by atoms with Crippen molar-refractivity contribution in [3.05, 3.63) is 57.5 Å². The standard InChI is InChI=1S/C22H20N8O4/c23-16-4-1-11(9-26-16)14-2-3-15-17(27-14)18-13(10-25-15)20(32)28-22(34)30(18)12-5-7-29(8-6-12)21(33)19(24)31/h1-4,9-10,12H,5-8H2,(H2,23,26)(H2,24,31)(H,28,32,34). The van der Waals surface area contributed by atoms with Crippen LogP contribution in [0.25, 0.3) is 33.2 Å². The summed E-state index contributed by atoms with van der Waals surface area (Å²) in [6.45, 7) is 0.497. The van der Waals surface area contributed by atoms with Crippen molar-refractivity contribution in [3.8, 4) is 11.3 Å². The van der Waals surface area contributed by atoms with Gasteiger partial charge in [0.1, 0.15) is 11.3 Å². The number of nitrogens with two attached hydrogens (primary N) is 2. The number of piperidine rings is 1. The molecule has 0 saturated carbocycles. The van der Waals surface area contributed by atoms with Gasteiger partial charge in [-0.3, -0.25) is 28.9 Å². The van der Waals surface area contributed by atoms with Crippen LogP contribution in [0.1, 0.15) is 18.9 Å². The Morgan fingerprint density at radius 1 is 1.03 bits per heavy atom. The molecule has 12 heteroatoms. The minimum atomic E-state index is -1.02. The van der Waals surface area contributed by atoms with Gasteiger partial charge < -0.3 is 16.4 Å². The summed E-state index contributed by atoms with van der Waals surface area (Å²) in [7, 11) is 0. The third kappa shape index (κ3) is 3.54. The van der Waals surface area contributed by atoms with Crippen molar-refractivity contribution in [1.82, 2.24) is 29.4 Å². The fourth-order valence-electron chi connectivity index (χ4n) is 4.34. The lowest BCUT2D eigenvalue weighted by Crippen LogP contribution is -2.46. The quantitative estimate of drug-likeness (QED) is 0.274. The van der Waals surface area contributed by atoms with E-state index in [9.17, 15) is 19.2 Å². The molecule has 0 spiro atoms. The smallest absolute Gasteiger partial charge is 0.329 e. The molecular weight excluding hydrogens is 440 g/mol. The molecule has 0 aromatic carbocycles. The van der Waals surface area contributed by atoms with E-state index in [0.717, 1.165) is 0 Å². The Morgan fingerprint density at radius 2 is 1.79 bits per heavy atom. The predicted molar refractivity (Wildman–Crippen MR) is 124 cm³/mol. The van der Waals surface area contributed by atoms with Crippen molar-refractivity contribution in [2.75, 3.05) is 18.8 Å². The lowest BCUT2D eigenvalue weighted by atomic mass is 10.0. The lowest BCUT2D eigenvalue weighted by molar-refractivity contribution is -0.145. The fourth-order valence-corrected chi connectivity index (χ4v) is 4.34. The second-order valence-electron chi connectivity index (χ2n) is 8.07. The summed E-state index contributed by atoms with van der Waals surface area (Å²) in [4.78, 5) is 65.7. The molecule has 4 aromatic rings. The van der Waals surface area contributed by atoms with Crippen molar-refractivity contribution in [2.24, 2.45) is 5.73 Å². The van der Waals surface area contributed by atoms with Gasteiger partial charge in [0.25, 0.3) is 5.56 Å². The van der Waals surface area contributed by atoms with Gasteiger partial charge in [-0.2, -0.15) is 0 Å². The maximum Gasteiger partial charge on any atom is 0.329 e. The van der Waals surface area contributed by atoms with Crippen LogP contribution in [0.15, 0.2) is 46.2 Å². The third-order valence-electron chi connectivity index (χ3n) is 6.02. The zero-order valence-corrected chi connectivity index (χ0v) is 17.9. The summed E-state index contributed by atoms with van der Waals surface area (Å²) in [6, 6.07) is 6.64. The number of nitrogens with one attached hydrogen (secondary N) is 1. The summed E-state index contributed by atoms with van der Waals surface area (Å²) in [5, 5.41) is 0.225. The first-order valence-corrected chi connectivity index (χ1v) is 10.6. The number of nitrogen functional groups attached to an aromatic ring is 1. The van der Waals surface area contributed by atoms with Gasteiger partial charge >= 0.3 is 17.5 Å². The summed E-state index contributed by atoms with van der Waals surface area (Å²) < 4.78 is 1.50. The average molecular weight is 460 g/mol. The largest absolute Gasteiger partial charge is 0.384 e. The van der Waals surface area contributed by atoms with Gasteiger partial charge in [-0.25, -0.2) is 14.8 Å². The number of carbonyl (C=O) groups is 2. The monoisotopic (exact) mass is 460 g/mol. The summed E-state index contributed by atoms with van der Waals surface area (Å²) >= 11 is 0. The number of amides is 2. The molecule has 12 nitrogen and oxygen atoms in total. The van der Waals surface area contributed by atoms with Gasteiger partial charge in [0.15, 0.2) is 0 Å². The number of aromatic nitrogens is 5. The second-order valence-corrected chi connectivity index (χ2v) is 8.07. The van der Waals surface area contributed by atoms with Gasteiger partial charge in [0, 0.05) is 37.1 Å². The number of aromatic amines is 1. The maximum absolute atomic E-state index is 13.0. The first kappa shape index (κ1) is 21.2. The van der Waals surface area contributed by atoms with E-state index in [1.165, 1.54) is 15.7 Å². The molecule has 1 aliphatic heterocycles. The van der Waals surface area contributed by atoms with Crippen molar-refractivity contribution >= 4 is 39.6 Å². The topological polar surface area (TPSA) is 183 Å². The molecule has 0 unspecified atom stereocenters. The number of H-pyrrole nitrogens is 1. The molecule has 0 radical (unpaired) electrons. The van der Waals surface area contributed by atoms with Crippen molar-refractivity contribution in [1.29, 1.82) is 0 Å². The van der Waals surface area contributed by atoms with Gasteiger partial charge in [-0.1, -0.05) is 0 Å². The van der Waals surface area contributed by atoms with E-state index in [-0.39, 0.29) is 24.5 Å². The molecule has 0 bridgehead atoms. The van der Waals surface area contributed by atoms with Crippen LogP contribution in [0.4, 0.5) is 5.82 Å². The normalized spacial score (nSPS) is 14.5. The molecule has 5 rings (SSSR count). The van der Waals surface area contributed by atoms with E-state index in [0.29, 0.717) is 46.5 Å². The number of likely N-dealkylation sites (tertiary alicyclic amines) is 1. The Bertz CT molecular complexity index is 1570. The molecular formula is C22H20N8O4. The number of hydrogen-bond acceptors (Lipinski definition) is 8. The maximum atomic E-state index is 13.0. The highest BCUT2D eigenvalue weighted by atomic mass is 16.2. The van der Waals surface area contributed by atoms with E-state index in [1.807, 2.05) is 0 Å². The SMILES string of the molecule is NC(=O)C(=O)N1CCC(n2c(=O)[nH]c(=O)c3cnc4ccc(-c5ccc(N)nc5)nc4c32)CC1. The van der Waals surface area contributed by atoms with Crippen molar-refractivity contribution < 1.29 is 9.59 Å². The summed E-state index contributed by atoms with van der Waals surface area (Å²) in [5.41, 5.74) is 12.2. The molecule has 1 saturated heterocycles. The molecule has 1 aliphatic rings. The lowest BCUT2D eigenvalue weighted by Gasteiger charge is -2.32. The molecule has 0 aliphatic carbocycles. The van der Waals surface area contributed by atoms with Gasteiger partial charge in [-0.05, 0) is 37.1 Å². The fraction of sp³-hybridized carbons (Fsp3) is 0.227. The molecule has 1 fully saturated rings. The van der Waals surface area contributed by atoms with Crippen LogP contribution in [0.2, 0.25) is 0 Å².